The van der Waals surface area contributed by atoms with Gasteiger partial charge in [0, 0.05) is 12.6 Å². The van der Waals surface area contributed by atoms with Gasteiger partial charge in [-0.05, 0) is 87.4 Å². The maximum Gasteiger partial charge on any atom is 0.315 e. The number of allylic oxidation sites excluding steroid dienone is 3. The number of hydrogen-bond acceptors (Lipinski definition) is 1. The maximum atomic E-state index is 11.9. The lowest BCUT2D eigenvalue weighted by atomic mass is 9.47. The minimum absolute atomic E-state index is 0.00340. The van der Waals surface area contributed by atoms with Gasteiger partial charge < -0.3 is 10.6 Å². The first-order chi connectivity index (χ1) is 13.4. The summed E-state index contributed by atoms with van der Waals surface area (Å²) < 4.78 is 0. The van der Waals surface area contributed by atoms with Gasteiger partial charge in [-0.1, -0.05) is 51.0 Å². The molecule has 4 rings (SSSR count). The Labute approximate surface area is 172 Å². The van der Waals surface area contributed by atoms with Gasteiger partial charge in [0.15, 0.2) is 0 Å². The standard InChI is InChI=1S/C23H36N2O.C2H6/c1-5-24-21(26)25-17-10-12-23(4)16(14-17)7-8-18-19-9-6-15(2)22(19,3)13-11-20(18)23;1-2/h6-7,17-20H,5,8-14H2,1-4H3,(H2,24,25,26);1-2H3/t17-,18?,19?,20?,22?,23?;/m1./s1. The van der Waals surface area contributed by atoms with Crippen molar-refractivity contribution in [1.29, 1.82) is 0 Å². The second kappa shape index (κ2) is 8.24. The molecule has 3 heteroatoms. The van der Waals surface area contributed by atoms with Gasteiger partial charge in [0.2, 0.25) is 0 Å². The molecule has 0 spiro atoms. The van der Waals surface area contributed by atoms with E-state index in [1.807, 2.05) is 20.8 Å². The number of amides is 2. The van der Waals surface area contributed by atoms with Crippen LogP contribution in [0.15, 0.2) is 23.3 Å². The zero-order valence-corrected chi connectivity index (χ0v) is 19.0. The molecule has 6 atom stereocenters. The lowest BCUT2D eigenvalue weighted by Crippen LogP contribution is -2.52. The Balaban J connectivity index is 0.00000109. The molecular formula is C25H42N2O. The summed E-state index contributed by atoms with van der Waals surface area (Å²) in [6, 6.07) is 0.304. The van der Waals surface area contributed by atoms with E-state index in [1.165, 1.54) is 32.1 Å². The normalized spacial score (nSPS) is 41.2. The minimum atomic E-state index is -0.00340. The van der Waals surface area contributed by atoms with Crippen LogP contribution in [0, 0.1) is 28.6 Å². The van der Waals surface area contributed by atoms with E-state index in [9.17, 15) is 4.79 Å². The van der Waals surface area contributed by atoms with Gasteiger partial charge in [-0.25, -0.2) is 4.79 Å². The van der Waals surface area contributed by atoms with E-state index in [4.69, 9.17) is 0 Å². The molecule has 0 heterocycles. The van der Waals surface area contributed by atoms with Crippen LogP contribution >= 0.6 is 0 Å². The SMILES string of the molecule is CC.CCNC(=O)N[C@@H]1CCC2(C)C(=CCC3C4CC=C(C)C4(C)CCC32)C1. The molecule has 2 N–H and O–H groups in total. The first-order valence-electron chi connectivity index (χ1n) is 11.8. The molecule has 2 saturated carbocycles. The molecule has 5 unspecified atom stereocenters. The molecule has 2 fully saturated rings. The van der Waals surface area contributed by atoms with E-state index < -0.39 is 0 Å². The summed E-state index contributed by atoms with van der Waals surface area (Å²) in [6.07, 6.45) is 13.8. The highest BCUT2D eigenvalue weighted by Gasteiger charge is 2.56. The Morgan fingerprint density at radius 1 is 1.07 bits per heavy atom. The Hall–Kier alpha value is -1.25. The van der Waals surface area contributed by atoms with Crippen molar-refractivity contribution in [2.45, 2.75) is 92.5 Å². The average Bonchev–Trinajstić information content (AvgIpc) is 2.99. The van der Waals surface area contributed by atoms with Crippen LogP contribution in [-0.4, -0.2) is 18.6 Å². The quantitative estimate of drug-likeness (QED) is 0.543. The summed E-state index contributed by atoms with van der Waals surface area (Å²) in [7, 11) is 0. The number of carbonyl (C=O) groups excluding carboxylic acids is 1. The molecule has 0 bridgehead atoms. The predicted octanol–water partition coefficient (Wildman–Crippen LogP) is 6.22. The number of carbonyl (C=O) groups is 1. The van der Waals surface area contributed by atoms with E-state index in [0.29, 0.717) is 23.4 Å². The van der Waals surface area contributed by atoms with E-state index >= 15 is 0 Å². The van der Waals surface area contributed by atoms with Crippen molar-refractivity contribution < 1.29 is 4.79 Å². The largest absolute Gasteiger partial charge is 0.338 e. The van der Waals surface area contributed by atoms with Crippen molar-refractivity contribution in [3.63, 3.8) is 0 Å². The third-order valence-electron chi connectivity index (χ3n) is 8.74. The zero-order chi connectivity index (χ0) is 20.5. The van der Waals surface area contributed by atoms with Gasteiger partial charge in [-0.3, -0.25) is 0 Å². The van der Waals surface area contributed by atoms with Crippen molar-refractivity contribution in [3.05, 3.63) is 23.3 Å². The van der Waals surface area contributed by atoms with Crippen LogP contribution in [-0.2, 0) is 0 Å². The average molecular weight is 387 g/mol. The van der Waals surface area contributed by atoms with E-state index in [1.54, 1.807) is 11.1 Å². The van der Waals surface area contributed by atoms with Crippen LogP contribution in [0.25, 0.3) is 0 Å². The molecule has 158 valence electrons. The van der Waals surface area contributed by atoms with Crippen LogP contribution in [0.2, 0.25) is 0 Å². The van der Waals surface area contributed by atoms with Gasteiger partial charge in [0.1, 0.15) is 0 Å². The number of fused-ring (bicyclic) bond motifs is 5. The van der Waals surface area contributed by atoms with Crippen LogP contribution in [0.4, 0.5) is 4.79 Å². The Morgan fingerprint density at radius 2 is 1.79 bits per heavy atom. The van der Waals surface area contributed by atoms with E-state index in [-0.39, 0.29) is 6.03 Å². The van der Waals surface area contributed by atoms with E-state index in [2.05, 4.69) is 43.6 Å². The summed E-state index contributed by atoms with van der Waals surface area (Å²) in [5.74, 6) is 2.54. The van der Waals surface area contributed by atoms with Gasteiger partial charge in [-0.15, -0.1) is 0 Å². The van der Waals surface area contributed by atoms with Crippen molar-refractivity contribution >= 4 is 6.03 Å². The van der Waals surface area contributed by atoms with Gasteiger partial charge in [0.25, 0.3) is 0 Å². The Kier molecular flexibility index (Phi) is 6.32. The van der Waals surface area contributed by atoms with Gasteiger partial charge in [0.05, 0.1) is 0 Å². The van der Waals surface area contributed by atoms with E-state index in [0.717, 1.165) is 30.6 Å². The minimum Gasteiger partial charge on any atom is -0.338 e. The highest BCUT2D eigenvalue weighted by atomic mass is 16.2. The lowest BCUT2D eigenvalue weighted by molar-refractivity contribution is -0.0187. The molecule has 4 aliphatic carbocycles. The fourth-order valence-electron chi connectivity index (χ4n) is 6.96. The van der Waals surface area contributed by atoms with Crippen molar-refractivity contribution in [2.75, 3.05) is 6.54 Å². The lowest BCUT2D eigenvalue weighted by Gasteiger charge is -2.58. The summed E-state index contributed by atoms with van der Waals surface area (Å²) in [6.45, 7) is 14.1. The number of urea groups is 1. The van der Waals surface area contributed by atoms with Crippen molar-refractivity contribution in [1.82, 2.24) is 10.6 Å². The molecule has 4 aliphatic rings. The van der Waals surface area contributed by atoms with Crippen LogP contribution in [0.5, 0.6) is 0 Å². The second-order valence-corrected chi connectivity index (χ2v) is 9.78. The molecule has 0 aromatic carbocycles. The van der Waals surface area contributed by atoms with Gasteiger partial charge >= 0.3 is 6.03 Å². The molecule has 0 aliphatic heterocycles. The summed E-state index contributed by atoms with van der Waals surface area (Å²) in [5.41, 5.74) is 4.11. The molecule has 3 nitrogen and oxygen atoms in total. The second-order valence-electron chi connectivity index (χ2n) is 9.78. The Bertz CT molecular complexity index is 651. The van der Waals surface area contributed by atoms with Crippen LogP contribution in [0.1, 0.15) is 86.5 Å². The fourth-order valence-corrected chi connectivity index (χ4v) is 6.96. The molecule has 28 heavy (non-hydrogen) atoms. The highest BCUT2D eigenvalue weighted by Crippen LogP contribution is 2.64. The van der Waals surface area contributed by atoms with Crippen molar-refractivity contribution in [3.8, 4) is 0 Å². The third-order valence-corrected chi connectivity index (χ3v) is 8.74. The topological polar surface area (TPSA) is 41.1 Å². The number of hydrogen-bond donors (Lipinski definition) is 2. The molecular weight excluding hydrogens is 344 g/mol. The highest BCUT2D eigenvalue weighted by molar-refractivity contribution is 5.74. The van der Waals surface area contributed by atoms with Gasteiger partial charge in [-0.2, -0.15) is 0 Å². The van der Waals surface area contributed by atoms with Crippen molar-refractivity contribution in [2.24, 2.45) is 28.6 Å². The summed E-state index contributed by atoms with van der Waals surface area (Å²) in [4.78, 5) is 11.9. The van der Waals surface area contributed by atoms with Crippen LogP contribution in [0.3, 0.4) is 0 Å². The zero-order valence-electron chi connectivity index (χ0n) is 19.0. The maximum absolute atomic E-state index is 11.9. The fraction of sp³-hybridized carbons (Fsp3) is 0.800. The number of rotatable bonds is 2. The molecule has 0 aromatic rings. The molecule has 0 aromatic heterocycles. The first-order valence-corrected chi connectivity index (χ1v) is 11.8. The summed E-state index contributed by atoms with van der Waals surface area (Å²) >= 11 is 0. The summed E-state index contributed by atoms with van der Waals surface area (Å²) in [5, 5.41) is 6.07. The molecule has 0 saturated heterocycles. The smallest absolute Gasteiger partial charge is 0.315 e. The predicted molar refractivity (Wildman–Crippen MR) is 118 cm³/mol. The monoisotopic (exact) mass is 386 g/mol. The third kappa shape index (κ3) is 3.44. The molecule has 2 amide bonds. The number of nitrogens with one attached hydrogen (secondary N) is 2. The Morgan fingerprint density at radius 3 is 2.50 bits per heavy atom. The van der Waals surface area contributed by atoms with Crippen LogP contribution < -0.4 is 10.6 Å². The molecule has 0 radical (unpaired) electrons. The first kappa shape index (κ1) is 21.5.